The van der Waals surface area contributed by atoms with Gasteiger partial charge < -0.3 is 4.74 Å². The molecule has 1 saturated carbocycles. The maximum Gasteiger partial charge on any atom is 0.167 e. The van der Waals surface area contributed by atoms with Crippen LogP contribution < -0.4 is 4.74 Å². The fraction of sp³-hybridized carbons (Fsp3) is 0.421. The van der Waals surface area contributed by atoms with Crippen molar-refractivity contribution in [3.8, 4) is 5.75 Å². The van der Waals surface area contributed by atoms with Crippen LogP contribution in [-0.4, -0.2) is 24.5 Å². The van der Waals surface area contributed by atoms with Gasteiger partial charge in [-0.05, 0) is 37.5 Å². The lowest BCUT2D eigenvalue weighted by molar-refractivity contribution is -0.125. The lowest BCUT2D eigenvalue weighted by atomic mass is 9.71. The van der Waals surface area contributed by atoms with Gasteiger partial charge >= 0.3 is 0 Å². The third kappa shape index (κ3) is 2.62. The van der Waals surface area contributed by atoms with Gasteiger partial charge in [-0.25, -0.2) is 0 Å². The van der Waals surface area contributed by atoms with Crippen LogP contribution in [0.5, 0.6) is 5.75 Å². The molecule has 120 valence electrons. The molecule has 0 unspecified atom stereocenters. The van der Waals surface area contributed by atoms with Gasteiger partial charge in [0.25, 0.3) is 0 Å². The highest BCUT2D eigenvalue weighted by Crippen LogP contribution is 2.48. The highest BCUT2D eigenvalue weighted by molar-refractivity contribution is 6.09. The Kier molecular flexibility index (Phi) is 3.92. The molecule has 1 aromatic rings. The Morgan fingerprint density at radius 3 is 2.74 bits per heavy atom. The molecule has 0 bridgehead atoms. The van der Waals surface area contributed by atoms with Crippen molar-refractivity contribution >= 4 is 17.3 Å². The number of methoxy groups -OCH3 is 1. The summed E-state index contributed by atoms with van der Waals surface area (Å²) in [7, 11) is 1.55. The molecule has 1 aromatic carbocycles. The van der Waals surface area contributed by atoms with E-state index in [9.17, 15) is 14.4 Å². The number of rotatable bonds is 4. The molecule has 1 atom stereocenters. The van der Waals surface area contributed by atoms with E-state index in [1.807, 2.05) is 6.92 Å². The van der Waals surface area contributed by atoms with E-state index < -0.39 is 5.41 Å². The summed E-state index contributed by atoms with van der Waals surface area (Å²) in [5.41, 5.74) is 1.46. The summed E-state index contributed by atoms with van der Waals surface area (Å²) >= 11 is 0. The van der Waals surface area contributed by atoms with Crippen LogP contribution >= 0.6 is 0 Å². The molecule has 1 fully saturated rings. The maximum atomic E-state index is 12.6. The minimum Gasteiger partial charge on any atom is -0.497 e. The zero-order valence-corrected chi connectivity index (χ0v) is 13.5. The maximum absolute atomic E-state index is 12.6. The molecule has 0 aliphatic heterocycles. The molecule has 0 aromatic heterocycles. The van der Waals surface area contributed by atoms with Gasteiger partial charge in [0.2, 0.25) is 0 Å². The minimum atomic E-state index is -0.530. The molecule has 0 heterocycles. The Hall–Kier alpha value is -2.23. The third-order valence-corrected chi connectivity index (χ3v) is 5.17. The van der Waals surface area contributed by atoms with E-state index in [0.29, 0.717) is 42.6 Å². The van der Waals surface area contributed by atoms with E-state index in [4.69, 9.17) is 4.74 Å². The number of carbonyl (C=O) groups is 3. The van der Waals surface area contributed by atoms with Gasteiger partial charge in [-0.1, -0.05) is 12.1 Å². The number of fused-ring (bicyclic) bond motifs is 1. The first-order valence-corrected chi connectivity index (χ1v) is 7.92. The van der Waals surface area contributed by atoms with Crippen molar-refractivity contribution in [3.63, 3.8) is 0 Å². The average Bonchev–Trinajstić information content (AvgIpc) is 2.86. The number of allylic oxidation sites excluding steroid dienone is 2. The van der Waals surface area contributed by atoms with E-state index in [2.05, 4.69) is 0 Å². The SMILES string of the molecule is COc1cccc(C(=O)CC2=C3CCC(=O)[C@@]3(C)CCC2=O)c1. The van der Waals surface area contributed by atoms with Crippen LogP contribution in [-0.2, 0) is 9.59 Å². The minimum absolute atomic E-state index is 0.0171. The van der Waals surface area contributed by atoms with Gasteiger partial charge in [0.15, 0.2) is 11.6 Å². The molecule has 0 N–H and O–H groups in total. The van der Waals surface area contributed by atoms with E-state index in [1.165, 1.54) is 0 Å². The van der Waals surface area contributed by atoms with Crippen molar-refractivity contribution in [2.24, 2.45) is 5.41 Å². The molecule has 23 heavy (non-hydrogen) atoms. The Balaban J connectivity index is 1.92. The number of Topliss-reactive ketones (excluding diaryl/α,β-unsaturated/α-hetero) is 3. The second-order valence-corrected chi connectivity index (χ2v) is 6.47. The van der Waals surface area contributed by atoms with E-state index in [-0.39, 0.29) is 23.8 Å². The normalized spacial score (nSPS) is 23.9. The van der Waals surface area contributed by atoms with Crippen LogP contribution in [0.4, 0.5) is 0 Å². The lowest BCUT2D eigenvalue weighted by Crippen LogP contribution is -2.31. The molecule has 0 spiro atoms. The fourth-order valence-electron chi connectivity index (χ4n) is 3.68. The molecule has 4 nitrogen and oxygen atoms in total. The molecule has 0 radical (unpaired) electrons. The number of ketones is 3. The number of ether oxygens (including phenoxy) is 1. The van der Waals surface area contributed by atoms with Crippen molar-refractivity contribution in [1.29, 1.82) is 0 Å². The van der Waals surface area contributed by atoms with Crippen molar-refractivity contribution < 1.29 is 19.1 Å². The zero-order chi connectivity index (χ0) is 16.6. The first-order chi connectivity index (χ1) is 11.0. The summed E-state index contributed by atoms with van der Waals surface area (Å²) in [6.45, 7) is 1.92. The summed E-state index contributed by atoms with van der Waals surface area (Å²) in [4.78, 5) is 37.1. The lowest BCUT2D eigenvalue weighted by Gasteiger charge is -2.31. The second kappa shape index (κ2) is 5.76. The molecule has 3 rings (SSSR count). The predicted molar refractivity (Wildman–Crippen MR) is 85.6 cm³/mol. The van der Waals surface area contributed by atoms with Crippen LogP contribution in [0.15, 0.2) is 35.4 Å². The summed E-state index contributed by atoms with van der Waals surface area (Å²) in [6, 6.07) is 6.94. The Morgan fingerprint density at radius 1 is 1.22 bits per heavy atom. The topological polar surface area (TPSA) is 60.4 Å². The number of benzene rings is 1. The van der Waals surface area contributed by atoms with Gasteiger partial charge in [-0.15, -0.1) is 0 Å². The summed E-state index contributed by atoms with van der Waals surface area (Å²) in [5.74, 6) is 0.724. The van der Waals surface area contributed by atoms with Gasteiger partial charge in [0.05, 0.1) is 7.11 Å². The van der Waals surface area contributed by atoms with Crippen LogP contribution in [0.25, 0.3) is 0 Å². The molecule has 2 aliphatic rings. The third-order valence-electron chi connectivity index (χ3n) is 5.17. The van der Waals surface area contributed by atoms with E-state index in [1.54, 1.807) is 31.4 Å². The first kappa shape index (κ1) is 15.7. The Bertz CT molecular complexity index is 729. The molecular weight excluding hydrogens is 292 g/mol. The Morgan fingerprint density at radius 2 is 2.00 bits per heavy atom. The monoisotopic (exact) mass is 312 g/mol. The zero-order valence-electron chi connectivity index (χ0n) is 13.5. The van der Waals surface area contributed by atoms with Gasteiger partial charge in [0.1, 0.15) is 11.5 Å². The van der Waals surface area contributed by atoms with Crippen LogP contribution in [0.1, 0.15) is 49.4 Å². The molecule has 2 aliphatic carbocycles. The Labute approximate surface area is 135 Å². The number of hydrogen-bond acceptors (Lipinski definition) is 4. The van der Waals surface area contributed by atoms with Crippen molar-refractivity contribution in [2.75, 3.05) is 7.11 Å². The first-order valence-electron chi connectivity index (χ1n) is 7.92. The van der Waals surface area contributed by atoms with Crippen LogP contribution in [0.3, 0.4) is 0 Å². The highest BCUT2D eigenvalue weighted by atomic mass is 16.5. The molecule has 0 saturated heterocycles. The quantitative estimate of drug-likeness (QED) is 0.800. The highest BCUT2D eigenvalue weighted by Gasteiger charge is 2.46. The smallest absolute Gasteiger partial charge is 0.167 e. The largest absolute Gasteiger partial charge is 0.497 e. The number of hydrogen-bond donors (Lipinski definition) is 0. The van der Waals surface area contributed by atoms with Gasteiger partial charge in [-0.3, -0.25) is 14.4 Å². The second-order valence-electron chi connectivity index (χ2n) is 6.47. The summed E-state index contributed by atoms with van der Waals surface area (Å²) in [6.07, 6.45) is 2.10. The standard InChI is InChI=1S/C19H20O4/c1-19-9-8-16(20)14(15(19)6-7-18(19)22)11-17(21)12-4-3-5-13(10-12)23-2/h3-5,10H,6-9,11H2,1-2H3/t19-/m0/s1. The van der Waals surface area contributed by atoms with E-state index >= 15 is 0 Å². The van der Waals surface area contributed by atoms with Gasteiger partial charge in [0, 0.05) is 35.8 Å². The fourth-order valence-corrected chi connectivity index (χ4v) is 3.68. The molecular formula is C19H20O4. The van der Waals surface area contributed by atoms with Crippen LogP contribution in [0.2, 0.25) is 0 Å². The average molecular weight is 312 g/mol. The summed E-state index contributed by atoms with van der Waals surface area (Å²) in [5, 5.41) is 0. The van der Waals surface area contributed by atoms with Crippen LogP contribution in [0, 0.1) is 5.41 Å². The molecule has 4 heteroatoms. The summed E-state index contributed by atoms with van der Waals surface area (Å²) < 4.78 is 5.14. The predicted octanol–water partition coefficient (Wildman–Crippen LogP) is 3.30. The van der Waals surface area contributed by atoms with Crippen molar-refractivity contribution in [1.82, 2.24) is 0 Å². The van der Waals surface area contributed by atoms with Gasteiger partial charge in [-0.2, -0.15) is 0 Å². The number of carbonyl (C=O) groups excluding carboxylic acids is 3. The van der Waals surface area contributed by atoms with E-state index in [0.717, 1.165) is 5.57 Å². The van der Waals surface area contributed by atoms with Crippen molar-refractivity contribution in [3.05, 3.63) is 41.0 Å². The molecule has 0 amide bonds. The van der Waals surface area contributed by atoms with Crippen molar-refractivity contribution in [2.45, 2.75) is 39.0 Å².